The Balaban J connectivity index is 2.03. The number of nitrogens with one attached hydrogen (secondary N) is 1. The smallest absolute Gasteiger partial charge is 0.0672 e. The minimum absolute atomic E-state index is 0.223. The SMILES string of the molecule is CC(C)COCCCNC1CCCCC1C#N. The maximum atomic E-state index is 9.05. The predicted molar refractivity (Wildman–Crippen MR) is 69.6 cm³/mol. The van der Waals surface area contributed by atoms with Gasteiger partial charge in [-0.1, -0.05) is 26.7 Å². The van der Waals surface area contributed by atoms with Crippen LogP contribution in [0.3, 0.4) is 0 Å². The molecule has 0 aromatic carbocycles. The molecule has 2 atom stereocenters. The van der Waals surface area contributed by atoms with E-state index in [0.29, 0.717) is 12.0 Å². The summed E-state index contributed by atoms with van der Waals surface area (Å²) in [6, 6.07) is 2.84. The van der Waals surface area contributed by atoms with Gasteiger partial charge in [-0.05, 0) is 31.7 Å². The largest absolute Gasteiger partial charge is 0.381 e. The first kappa shape index (κ1) is 14.5. The van der Waals surface area contributed by atoms with E-state index >= 15 is 0 Å². The van der Waals surface area contributed by atoms with Crippen molar-refractivity contribution in [1.29, 1.82) is 5.26 Å². The molecule has 0 aromatic rings. The summed E-state index contributed by atoms with van der Waals surface area (Å²) in [6.45, 7) is 6.98. The molecule has 1 saturated carbocycles. The fourth-order valence-electron chi connectivity index (χ4n) is 2.31. The van der Waals surface area contributed by atoms with Crippen LogP contribution in [-0.2, 0) is 4.74 Å². The van der Waals surface area contributed by atoms with Crippen molar-refractivity contribution in [2.75, 3.05) is 19.8 Å². The van der Waals surface area contributed by atoms with Gasteiger partial charge in [0, 0.05) is 19.3 Å². The fraction of sp³-hybridized carbons (Fsp3) is 0.929. The minimum atomic E-state index is 0.223. The molecule has 0 aromatic heterocycles. The molecular weight excluding hydrogens is 212 g/mol. The van der Waals surface area contributed by atoms with E-state index in [1.807, 2.05) is 0 Å². The van der Waals surface area contributed by atoms with Crippen LogP contribution in [0.15, 0.2) is 0 Å². The third-order valence-corrected chi connectivity index (χ3v) is 3.25. The molecule has 0 amide bonds. The average molecular weight is 238 g/mol. The van der Waals surface area contributed by atoms with Gasteiger partial charge >= 0.3 is 0 Å². The van der Waals surface area contributed by atoms with Crippen molar-refractivity contribution in [3.63, 3.8) is 0 Å². The highest BCUT2D eigenvalue weighted by atomic mass is 16.5. The Morgan fingerprint density at radius 3 is 2.82 bits per heavy atom. The van der Waals surface area contributed by atoms with Crippen LogP contribution >= 0.6 is 0 Å². The monoisotopic (exact) mass is 238 g/mol. The first-order valence-corrected chi connectivity index (χ1v) is 6.94. The normalized spacial score (nSPS) is 24.8. The van der Waals surface area contributed by atoms with Gasteiger partial charge < -0.3 is 10.1 Å². The van der Waals surface area contributed by atoms with Gasteiger partial charge in [-0.25, -0.2) is 0 Å². The first-order chi connectivity index (χ1) is 8.24. The van der Waals surface area contributed by atoms with Gasteiger partial charge in [-0.2, -0.15) is 5.26 Å². The average Bonchev–Trinajstić information content (AvgIpc) is 2.33. The Morgan fingerprint density at radius 2 is 2.12 bits per heavy atom. The van der Waals surface area contributed by atoms with E-state index in [9.17, 15) is 0 Å². The fourth-order valence-corrected chi connectivity index (χ4v) is 2.31. The zero-order valence-electron chi connectivity index (χ0n) is 11.2. The van der Waals surface area contributed by atoms with Crippen LogP contribution in [0, 0.1) is 23.2 Å². The number of nitrogens with zero attached hydrogens (tertiary/aromatic N) is 1. The van der Waals surface area contributed by atoms with Gasteiger partial charge in [0.1, 0.15) is 0 Å². The predicted octanol–water partition coefficient (Wildman–Crippen LogP) is 2.72. The van der Waals surface area contributed by atoms with E-state index in [1.54, 1.807) is 0 Å². The number of rotatable bonds is 7. The van der Waals surface area contributed by atoms with E-state index < -0.39 is 0 Å². The number of hydrogen-bond donors (Lipinski definition) is 1. The van der Waals surface area contributed by atoms with Gasteiger partial charge in [0.05, 0.1) is 12.0 Å². The molecule has 0 aliphatic heterocycles. The highest BCUT2D eigenvalue weighted by Crippen LogP contribution is 2.23. The molecule has 0 radical (unpaired) electrons. The number of nitriles is 1. The van der Waals surface area contributed by atoms with Gasteiger partial charge in [-0.3, -0.25) is 0 Å². The lowest BCUT2D eigenvalue weighted by atomic mass is 9.85. The Morgan fingerprint density at radius 1 is 1.35 bits per heavy atom. The first-order valence-electron chi connectivity index (χ1n) is 6.94. The van der Waals surface area contributed by atoms with E-state index in [2.05, 4.69) is 25.2 Å². The van der Waals surface area contributed by atoms with Crippen molar-refractivity contribution in [2.45, 2.75) is 52.0 Å². The Labute approximate surface area is 106 Å². The third kappa shape index (κ3) is 6.05. The third-order valence-electron chi connectivity index (χ3n) is 3.25. The molecule has 17 heavy (non-hydrogen) atoms. The summed E-state index contributed by atoms with van der Waals surface area (Å²) in [5.41, 5.74) is 0. The van der Waals surface area contributed by atoms with Crippen molar-refractivity contribution in [1.82, 2.24) is 5.32 Å². The second-order valence-corrected chi connectivity index (χ2v) is 5.40. The van der Waals surface area contributed by atoms with Gasteiger partial charge in [0.2, 0.25) is 0 Å². The zero-order valence-corrected chi connectivity index (χ0v) is 11.2. The van der Waals surface area contributed by atoms with Crippen molar-refractivity contribution in [2.24, 2.45) is 11.8 Å². The second kappa shape index (κ2) is 8.49. The maximum absolute atomic E-state index is 9.05. The molecule has 3 heteroatoms. The molecule has 98 valence electrons. The summed E-state index contributed by atoms with van der Waals surface area (Å²) < 4.78 is 5.53. The van der Waals surface area contributed by atoms with Crippen LogP contribution < -0.4 is 5.32 Å². The lowest BCUT2D eigenvalue weighted by Gasteiger charge is -2.27. The van der Waals surface area contributed by atoms with Crippen LogP contribution in [0.25, 0.3) is 0 Å². The Bertz CT molecular complexity index is 235. The van der Waals surface area contributed by atoms with E-state index in [1.165, 1.54) is 12.8 Å². The molecule has 0 bridgehead atoms. The number of hydrogen-bond acceptors (Lipinski definition) is 3. The maximum Gasteiger partial charge on any atom is 0.0672 e. The van der Waals surface area contributed by atoms with Crippen molar-refractivity contribution >= 4 is 0 Å². The zero-order chi connectivity index (χ0) is 12.5. The van der Waals surface area contributed by atoms with Crippen LogP contribution in [0.2, 0.25) is 0 Å². The van der Waals surface area contributed by atoms with Gasteiger partial charge in [0.25, 0.3) is 0 Å². The highest BCUT2D eigenvalue weighted by Gasteiger charge is 2.23. The molecule has 1 fully saturated rings. The molecule has 2 unspecified atom stereocenters. The Kier molecular flexibility index (Phi) is 7.23. The lowest BCUT2D eigenvalue weighted by molar-refractivity contribution is 0.106. The van der Waals surface area contributed by atoms with Crippen LogP contribution in [-0.4, -0.2) is 25.8 Å². The van der Waals surface area contributed by atoms with E-state index in [0.717, 1.165) is 39.0 Å². The molecule has 0 saturated heterocycles. The van der Waals surface area contributed by atoms with Crippen molar-refractivity contribution < 1.29 is 4.74 Å². The highest BCUT2D eigenvalue weighted by molar-refractivity contribution is 4.94. The Hall–Kier alpha value is -0.590. The molecule has 3 nitrogen and oxygen atoms in total. The van der Waals surface area contributed by atoms with E-state index in [-0.39, 0.29) is 5.92 Å². The van der Waals surface area contributed by atoms with Crippen LogP contribution in [0.4, 0.5) is 0 Å². The summed E-state index contributed by atoms with van der Waals surface area (Å²) in [4.78, 5) is 0. The van der Waals surface area contributed by atoms with E-state index in [4.69, 9.17) is 10.00 Å². The van der Waals surface area contributed by atoms with Crippen molar-refractivity contribution in [3.8, 4) is 6.07 Å². The summed E-state index contributed by atoms with van der Waals surface area (Å²) in [5.74, 6) is 0.838. The quantitative estimate of drug-likeness (QED) is 0.694. The topological polar surface area (TPSA) is 45.0 Å². The lowest BCUT2D eigenvalue weighted by Crippen LogP contribution is -2.38. The molecule has 1 N–H and O–H groups in total. The summed E-state index contributed by atoms with van der Waals surface area (Å²) in [7, 11) is 0. The molecular formula is C14H26N2O. The standard InChI is InChI=1S/C14H26N2O/c1-12(2)11-17-9-5-8-16-14-7-4-3-6-13(14)10-15/h12-14,16H,3-9,11H2,1-2H3. The van der Waals surface area contributed by atoms with Gasteiger partial charge in [0.15, 0.2) is 0 Å². The second-order valence-electron chi connectivity index (χ2n) is 5.40. The van der Waals surface area contributed by atoms with Crippen LogP contribution in [0.5, 0.6) is 0 Å². The summed E-state index contributed by atoms with van der Waals surface area (Å²) in [6.07, 6.45) is 5.75. The van der Waals surface area contributed by atoms with Gasteiger partial charge in [-0.15, -0.1) is 0 Å². The van der Waals surface area contributed by atoms with Crippen molar-refractivity contribution in [3.05, 3.63) is 0 Å². The molecule has 0 heterocycles. The molecule has 0 spiro atoms. The summed E-state index contributed by atoms with van der Waals surface area (Å²) >= 11 is 0. The molecule has 1 rings (SSSR count). The molecule has 1 aliphatic rings. The summed E-state index contributed by atoms with van der Waals surface area (Å²) in [5, 5.41) is 12.6. The minimum Gasteiger partial charge on any atom is -0.381 e. The number of ether oxygens (including phenoxy) is 1. The van der Waals surface area contributed by atoms with Crippen LogP contribution in [0.1, 0.15) is 46.0 Å². The molecule has 1 aliphatic carbocycles.